The fraction of sp³-hybridized carbons (Fsp3) is 0.818. The van der Waals surface area contributed by atoms with Crippen LogP contribution in [0.5, 0.6) is 0 Å². The highest BCUT2D eigenvalue weighted by atomic mass is 15.0. The summed E-state index contributed by atoms with van der Waals surface area (Å²) < 4.78 is 0. The molecule has 1 heteroatoms. The van der Waals surface area contributed by atoms with Crippen molar-refractivity contribution in [3.8, 4) is 0 Å². The molecule has 2 fully saturated rings. The summed E-state index contributed by atoms with van der Waals surface area (Å²) in [7, 11) is 0. The molecule has 12 heavy (non-hydrogen) atoms. The van der Waals surface area contributed by atoms with Crippen LogP contribution in [-0.2, 0) is 0 Å². The zero-order valence-electron chi connectivity index (χ0n) is 7.81. The van der Waals surface area contributed by atoms with Gasteiger partial charge in [-0.2, -0.15) is 0 Å². The molecule has 2 rings (SSSR count). The fourth-order valence-corrected chi connectivity index (χ4v) is 2.97. The minimum absolute atomic E-state index is 0.461. The third-order valence-corrected chi connectivity index (χ3v) is 3.53. The van der Waals surface area contributed by atoms with Crippen LogP contribution >= 0.6 is 0 Å². The van der Waals surface area contributed by atoms with Crippen molar-refractivity contribution in [2.24, 2.45) is 5.92 Å². The van der Waals surface area contributed by atoms with Gasteiger partial charge in [-0.05, 0) is 38.1 Å². The summed E-state index contributed by atoms with van der Waals surface area (Å²) in [5, 5.41) is 3.69. The Hall–Kier alpha value is -0.300. The van der Waals surface area contributed by atoms with Crippen molar-refractivity contribution in [1.29, 1.82) is 0 Å². The van der Waals surface area contributed by atoms with Gasteiger partial charge in [0.2, 0.25) is 0 Å². The van der Waals surface area contributed by atoms with Crippen molar-refractivity contribution in [1.82, 2.24) is 5.32 Å². The molecule has 1 heterocycles. The first-order valence-corrected chi connectivity index (χ1v) is 5.21. The molecule has 0 aromatic rings. The van der Waals surface area contributed by atoms with Crippen LogP contribution in [0.1, 0.15) is 38.5 Å². The zero-order valence-corrected chi connectivity index (χ0v) is 7.81. The molecule has 1 nitrogen and oxygen atoms in total. The molecular weight excluding hydrogens is 146 g/mol. The first kappa shape index (κ1) is 8.31. The van der Waals surface area contributed by atoms with Crippen molar-refractivity contribution < 1.29 is 0 Å². The van der Waals surface area contributed by atoms with E-state index >= 15 is 0 Å². The fourth-order valence-electron chi connectivity index (χ4n) is 2.97. The van der Waals surface area contributed by atoms with E-state index in [9.17, 15) is 0 Å². The van der Waals surface area contributed by atoms with Crippen LogP contribution < -0.4 is 5.32 Å². The first-order valence-electron chi connectivity index (χ1n) is 5.21. The number of piperidine rings is 1. The molecule has 0 spiro atoms. The monoisotopic (exact) mass is 165 g/mol. The van der Waals surface area contributed by atoms with Crippen LogP contribution in [0, 0.1) is 5.92 Å². The number of hydrogen-bond acceptors (Lipinski definition) is 1. The van der Waals surface area contributed by atoms with Crippen LogP contribution in [-0.4, -0.2) is 12.1 Å². The van der Waals surface area contributed by atoms with E-state index in [2.05, 4.69) is 18.0 Å². The SMILES string of the molecule is C=CC[C@@]12CCC[C@@H](CCN1)C2. The highest BCUT2D eigenvalue weighted by Crippen LogP contribution is 2.39. The maximum atomic E-state index is 3.86. The molecule has 2 atom stereocenters. The molecule has 1 aliphatic heterocycles. The number of fused-ring (bicyclic) bond motifs is 2. The number of rotatable bonds is 2. The number of nitrogens with one attached hydrogen (secondary N) is 1. The van der Waals surface area contributed by atoms with Crippen molar-refractivity contribution in [3.05, 3.63) is 12.7 Å². The van der Waals surface area contributed by atoms with Gasteiger partial charge in [-0.3, -0.25) is 0 Å². The van der Waals surface area contributed by atoms with E-state index in [1.165, 1.54) is 45.1 Å². The Kier molecular flexibility index (Phi) is 2.22. The molecule has 1 saturated heterocycles. The Bertz CT molecular complexity index is 164. The van der Waals surface area contributed by atoms with Crippen molar-refractivity contribution in [2.75, 3.05) is 6.54 Å². The van der Waals surface area contributed by atoms with E-state index < -0.39 is 0 Å². The molecule has 1 aliphatic carbocycles. The topological polar surface area (TPSA) is 12.0 Å². The van der Waals surface area contributed by atoms with Crippen LogP contribution in [0.4, 0.5) is 0 Å². The second kappa shape index (κ2) is 3.21. The maximum absolute atomic E-state index is 3.86. The largest absolute Gasteiger partial charge is 0.311 e. The zero-order chi connectivity index (χ0) is 8.44. The highest BCUT2D eigenvalue weighted by molar-refractivity contribution is 5.00. The van der Waals surface area contributed by atoms with Crippen LogP contribution in [0.25, 0.3) is 0 Å². The van der Waals surface area contributed by atoms with E-state index in [0.717, 1.165) is 5.92 Å². The van der Waals surface area contributed by atoms with Gasteiger partial charge in [0.15, 0.2) is 0 Å². The molecule has 0 amide bonds. The molecule has 1 saturated carbocycles. The van der Waals surface area contributed by atoms with E-state index in [-0.39, 0.29) is 0 Å². The third kappa shape index (κ3) is 1.42. The molecule has 1 N–H and O–H groups in total. The van der Waals surface area contributed by atoms with Crippen LogP contribution in [0.3, 0.4) is 0 Å². The lowest BCUT2D eigenvalue weighted by Gasteiger charge is -2.45. The molecule has 0 aromatic heterocycles. The predicted octanol–water partition coefficient (Wildman–Crippen LogP) is 2.48. The smallest absolute Gasteiger partial charge is 0.0218 e. The van der Waals surface area contributed by atoms with E-state index in [1.54, 1.807) is 0 Å². The quantitative estimate of drug-likeness (QED) is 0.620. The summed E-state index contributed by atoms with van der Waals surface area (Å²) in [5.41, 5.74) is 0.461. The minimum Gasteiger partial charge on any atom is -0.311 e. The molecule has 0 unspecified atom stereocenters. The van der Waals surface area contributed by atoms with Gasteiger partial charge >= 0.3 is 0 Å². The normalized spacial score (nSPS) is 40.8. The highest BCUT2D eigenvalue weighted by Gasteiger charge is 2.37. The Balaban J connectivity index is 2.06. The first-order chi connectivity index (χ1) is 5.85. The Morgan fingerprint density at radius 2 is 2.42 bits per heavy atom. The molecule has 68 valence electrons. The van der Waals surface area contributed by atoms with Crippen LogP contribution in [0.15, 0.2) is 12.7 Å². The summed E-state index contributed by atoms with van der Waals surface area (Å²) >= 11 is 0. The average molecular weight is 165 g/mol. The minimum atomic E-state index is 0.461. The van der Waals surface area contributed by atoms with Crippen molar-refractivity contribution in [3.63, 3.8) is 0 Å². The maximum Gasteiger partial charge on any atom is 0.0218 e. The molecule has 2 bridgehead atoms. The standard InChI is InChI=1S/C11H19N/c1-2-6-11-7-3-4-10(9-11)5-8-12-11/h2,10,12H,1,3-9H2/t10-,11-/m0/s1. The number of hydrogen-bond donors (Lipinski definition) is 1. The lowest BCUT2D eigenvalue weighted by molar-refractivity contribution is 0.131. The lowest BCUT2D eigenvalue weighted by Crippen LogP contribution is -2.52. The summed E-state index contributed by atoms with van der Waals surface area (Å²) in [6, 6.07) is 0. The predicted molar refractivity (Wildman–Crippen MR) is 52.1 cm³/mol. The Morgan fingerprint density at radius 3 is 3.25 bits per heavy atom. The Labute approximate surface area is 75.2 Å². The van der Waals surface area contributed by atoms with Gasteiger partial charge in [-0.1, -0.05) is 18.9 Å². The average Bonchev–Trinajstić information content (AvgIpc) is 2.04. The van der Waals surface area contributed by atoms with Gasteiger partial charge < -0.3 is 5.32 Å². The molecule has 0 radical (unpaired) electrons. The second-order valence-electron chi connectivity index (χ2n) is 4.45. The van der Waals surface area contributed by atoms with Crippen molar-refractivity contribution in [2.45, 2.75) is 44.1 Å². The molecule has 2 aliphatic rings. The lowest BCUT2D eigenvalue weighted by atomic mass is 9.70. The van der Waals surface area contributed by atoms with E-state index in [1.807, 2.05) is 0 Å². The molecular formula is C11H19N. The summed E-state index contributed by atoms with van der Waals surface area (Å²) in [6.07, 6.45) is 10.3. The van der Waals surface area contributed by atoms with Gasteiger partial charge in [-0.25, -0.2) is 0 Å². The van der Waals surface area contributed by atoms with Gasteiger partial charge in [0.1, 0.15) is 0 Å². The van der Waals surface area contributed by atoms with Gasteiger partial charge in [0.25, 0.3) is 0 Å². The van der Waals surface area contributed by atoms with Crippen LogP contribution in [0.2, 0.25) is 0 Å². The second-order valence-corrected chi connectivity index (χ2v) is 4.45. The third-order valence-electron chi connectivity index (χ3n) is 3.53. The van der Waals surface area contributed by atoms with E-state index in [0.29, 0.717) is 5.54 Å². The van der Waals surface area contributed by atoms with Crippen molar-refractivity contribution >= 4 is 0 Å². The van der Waals surface area contributed by atoms with Gasteiger partial charge in [0, 0.05) is 5.54 Å². The summed E-state index contributed by atoms with van der Waals surface area (Å²) in [4.78, 5) is 0. The van der Waals surface area contributed by atoms with Gasteiger partial charge in [-0.15, -0.1) is 6.58 Å². The Morgan fingerprint density at radius 1 is 1.50 bits per heavy atom. The van der Waals surface area contributed by atoms with E-state index in [4.69, 9.17) is 0 Å². The molecule has 0 aromatic carbocycles. The van der Waals surface area contributed by atoms with Gasteiger partial charge in [0.05, 0.1) is 0 Å². The summed E-state index contributed by atoms with van der Waals surface area (Å²) in [6.45, 7) is 5.09. The summed E-state index contributed by atoms with van der Waals surface area (Å²) in [5.74, 6) is 1.01.